The van der Waals surface area contributed by atoms with E-state index in [0.717, 1.165) is 37.2 Å². The number of hydrogen-bond acceptors (Lipinski definition) is 3. The highest BCUT2D eigenvalue weighted by molar-refractivity contribution is 5.73. The number of rotatable bonds is 6. The average molecular weight is 374 g/mol. The molecule has 5 heteroatoms. The number of nitrogens with zero attached hydrogens (tertiary/aromatic N) is 2. The zero-order chi connectivity index (χ0) is 19.1. The second-order valence-corrected chi connectivity index (χ2v) is 8.34. The van der Waals surface area contributed by atoms with Gasteiger partial charge in [-0.05, 0) is 75.7 Å². The molecule has 150 valence electrons. The molecule has 1 heterocycles. The minimum atomic E-state index is 0.00169. The summed E-state index contributed by atoms with van der Waals surface area (Å²) < 4.78 is 6.13. The summed E-state index contributed by atoms with van der Waals surface area (Å²) in [7, 11) is 4.06. The minimum Gasteiger partial charge on any atom is -0.490 e. The van der Waals surface area contributed by atoms with E-state index >= 15 is 0 Å². The third-order valence-corrected chi connectivity index (χ3v) is 5.80. The van der Waals surface area contributed by atoms with Gasteiger partial charge in [-0.1, -0.05) is 18.6 Å². The molecule has 0 bridgehead atoms. The summed E-state index contributed by atoms with van der Waals surface area (Å²) in [6.45, 7) is 3.61. The largest absolute Gasteiger partial charge is 0.490 e. The summed E-state index contributed by atoms with van der Waals surface area (Å²) in [5.41, 5.74) is 1.09. The van der Waals surface area contributed by atoms with Crippen LogP contribution >= 0.6 is 0 Å². The lowest BCUT2D eigenvalue weighted by molar-refractivity contribution is 0.155. The first-order valence-electron chi connectivity index (χ1n) is 10.5. The standard InChI is InChI=1S/C22H35N3O2/c1-24-13-7-9-19(16-24)17-25(2)22(26)23-15-18-8-6-12-21(14-18)27-20-10-4-3-5-11-20/h6,8,12,14,19-20H,3-5,7,9-11,13,15-17H2,1-2H3,(H,23,26). The normalized spacial score (nSPS) is 21.6. The average Bonchev–Trinajstić information content (AvgIpc) is 2.67. The van der Waals surface area contributed by atoms with Crippen molar-refractivity contribution in [1.82, 2.24) is 15.1 Å². The highest BCUT2D eigenvalue weighted by Crippen LogP contribution is 2.24. The number of nitrogens with one attached hydrogen (secondary N) is 1. The molecule has 2 aliphatic rings. The highest BCUT2D eigenvalue weighted by Gasteiger charge is 2.20. The molecule has 0 spiro atoms. The molecule has 0 aromatic heterocycles. The van der Waals surface area contributed by atoms with Gasteiger partial charge in [-0.25, -0.2) is 4.79 Å². The van der Waals surface area contributed by atoms with Crippen molar-refractivity contribution in [3.8, 4) is 5.75 Å². The Morgan fingerprint density at radius 1 is 1.22 bits per heavy atom. The quantitative estimate of drug-likeness (QED) is 0.823. The minimum absolute atomic E-state index is 0.00169. The van der Waals surface area contributed by atoms with Crippen LogP contribution in [0, 0.1) is 5.92 Å². The zero-order valence-corrected chi connectivity index (χ0v) is 17.0. The molecule has 1 saturated carbocycles. The summed E-state index contributed by atoms with van der Waals surface area (Å²) in [5.74, 6) is 1.50. The van der Waals surface area contributed by atoms with Crippen molar-refractivity contribution in [2.75, 3.05) is 33.7 Å². The maximum atomic E-state index is 12.4. The lowest BCUT2D eigenvalue weighted by Gasteiger charge is -2.32. The molecule has 3 rings (SSSR count). The first-order valence-corrected chi connectivity index (χ1v) is 10.5. The van der Waals surface area contributed by atoms with Crippen molar-refractivity contribution in [2.45, 2.75) is 57.6 Å². The predicted molar refractivity (Wildman–Crippen MR) is 109 cm³/mol. The smallest absolute Gasteiger partial charge is 0.317 e. The van der Waals surface area contributed by atoms with Crippen LogP contribution < -0.4 is 10.1 Å². The summed E-state index contributed by atoms with van der Waals surface area (Å²) in [6, 6.07) is 8.14. The van der Waals surface area contributed by atoms with Crippen LogP contribution in [0.3, 0.4) is 0 Å². The van der Waals surface area contributed by atoms with Crippen molar-refractivity contribution in [1.29, 1.82) is 0 Å². The van der Waals surface area contributed by atoms with Gasteiger partial charge in [-0.3, -0.25) is 0 Å². The molecule has 1 aliphatic carbocycles. The maximum Gasteiger partial charge on any atom is 0.317 e. The molecule has 1 saturated heterocycles. The van der Waals surface area contributed by atoms with Gasteiger partial charge in [0.2, 0.25) is 0 Å². The van der Waals surface area contributed by atoms with Gasteiger partial charge in [-0.2, -0.15) is 0 Å². The summed E-state index contributed by atoms with van der Waals surface area (Å²) in [4.78, 5) is 16.6. The van der Waals surface area contributed by atoms with E-state index in [9.17, 15) is 4.79 Å². The van der Waals surface area contributed by atoms with Crippen LogP contribution in [-0.2, 0) is 6.54 Å². The van der Waals surface area contributed by atoms with E-state index in [1.165, 1.54) is 38.6 Å². The Kier molecular flexibility index (Phi) is 7.39. The van der Waals surface area contributed by atoms with E-state index in [-0.39, 0.29) is 6.03 Å². The van der Waals surface area contributed by atoms with E-state index in [1.807, 2.05) is 30.1 Å². The van der Waals surface area contributed by atoms with Crippen LogP contribution in [0.25, 0.3) is 0 Å². The van der Waals surface area contributed by atoms with Crippen molar-refractivity contribution >= 4 is 6.03 Å². The molecular formula is C22H35N3O2. The molecule has 1 N–H and O–H groups in total. The number of piperidine rings is 1. The summed E-state index contributed by atoms with van der Waals surface area (Å²) in [6.07, 6.45) is 8.96. The molecule has 1 atom stereocenters. The fraction of sp³-hybridized carbons (Fsp3) is 0.682. The van der Waals surface area contributed by atoms with Crippen molar-refractivity contribution in [3.63, 3.8) is 0 Å². The molecule has 1 aliphatic heterocycles. The van der Waals surface area contributed by atoms with Crippen LogP contribution in [0.2, 0.25) is 0 Å². The van der Waals surface area contributed by atoms with Crippen LogP contribution in [0.15, 0.2) is 24.3 Å². The molecule has 1 aromatic carbocycles. The van der Waals surface area contributed by atoms with Crippen LogP contribution in [0.1, 0.15) is 50.5 Å². The number of carbonyl (C=O) groups excluding carboxylic acids is 1. The van der Waals surface area contributed by atoms with Gasteiger partial charge in [0.05, 0.1) is 6.10 Å². The van der Waals surface area contributed by atoms with E-state index < -0.39 is 0 Å². The van der Waals surface area contributed by atoms with Crippen molar-refractivity contribution in [2.24, 2.45) is 5.92 Å². The number of hydrogen-bond donors (Lipinski definition) is 1. The van der Waals surface area contributed by atoms with Gasteiger partial charge in [0, 0.05) is 26.7 Å². The second kappa shape index (κ2) is 9.98. The fourth-order valence-electron chi connectivity index (χ4n) is 4.31. The molecule has 1 unspecified atom stereocenters. The van der Waals surface area contributed by atoms with E-state index in [2.05, 4.69) is 23.3 Å². The van der Waals surface area contributed by atoms with Gasteiger partial charge < -0.3 is 19.9 Å². The highest BCUT2D eigenvalue weighted by atomic mass is 16.5. The summed E-state index contributed by atoms with van der Waals surface area (Å²) in [5, 5.41) is 3.05. The first kappa shape index (κ1) is 20.0. The van der Waals surface area contributed by atoms with Crippen LogP contribution in [0.5, 0.6) is 5.75 Å². The monoisotopic (exact) mass is 373 g/mol. The Labute approximate surface area is 164 Å². The molecule has 27 heavy (non-hydrogen) atoms. The van der Waals surface area contributed by atoms with Gasteiger partial charge in [0.25, 0.3) is 0 Å². The Bertz CT molecular complexity index is 601. The Balaban J connectivity index is 1.44. The fourth-order valence-corrected chi connectivity index (χ4v) is 4.31. The Morgan fingerprint density at radius 2 is 2.04 bits per heavy atom. The van der Waals surface area contributed by atoms with E-state index in [4.69, 9.17) is 4.74 Å². The third-order valence-electron chi connectivity index (χ3n) is 5.80. The summed E-state index contributed by atoms with van der Waals surface area (Å²) >= 11 is 0. The van der Waals surface area contributed by atoms with Crippen molar-refractivity contribution < 1.29 is 9.53 Å². The molecular weight excluding hydrogens is 338 g/mol. The van der Waals surface area contributed by atoms with Crippen molar-refractivity contribution in [3.05, 3.63) is 29.8 Å². The van der Waals surface area contributed by atoms with Gasteiger partial charge in [0.15, 0.2) is 0 Å². The number of ether oxygens (including phenoxy) is 1. The molecule has 1 aromatic rings. The van der Waals surface area contributed by atoms with E-state index in [0.29, 0.717) is 18.6 Å². The third kappa shape index (κ3) is 6.42. The lowest BCUT2D eigenvalue weighted by Crippen LogP contribution is -2.43. The second-order valence-electron chi connectivity index (χ2n) is 8.34. The predicted octanol–water partition coefficient (Wildman–Crippen LogP) is 3.88. The number of amides is 2. The van der Waals surface area contributed by atoms with Gasteiger partial charge in [-0.15, -0.1) is 0 Å². The van der Waals surface area contributed by atoms with Gasteiger partial charge in [0.1, 0.15) is 5.75 Å². The number of carbonyl (C=O) groups is 1. The Hall–Kier alpha value is -1.75. The number of urea groups is 1. The molecule has 0 radical (unpaired) electrons. The lowest BCUT2D eigenvalue weighted by atomic mass is 9.98. The molecule has 5 nitrogen and oxygen atoms in total. The van der Waals surface area contributed by atoms with Gasteiger partial charge >= 0.3 is 6.03 Å². The number of benzene rings is 1. The SMILES string of the molecule is CN1CCCC(CN(C)C(=O)NCc2cccc(OC3CCCCC3)c2)C1. The number of likely N-dealkylation sites (tertiary alicyclic amines) is 1. The van der Waals surface area contributed by atoms with E-state index in [1.54, 1.807) is 0 Å². The zero-order valence-electron chi connectivity index (χ0n) is 17.0. The molecule has 2 fully saturated rings. The maximum absolute atomic E-state index is 12.4. The van der Waals surface area contributed by atoms with Crippen LogP contribution in [-0.4, -0.2) is 55.7 Å². The molecule has 2 amide bonds. The Morgan fingerprint density at radius 3 is 2.81 bits per heavy atom. The first-order chi connectivity index (χ1) is 13.1. The topological polar surface area (TPSA) is 44.8 Å². The van der Waals surface area contributed by atoms with Crippen LogP contribution in [0.4, 0.5) is 4.79 Å².